The van der Waals surface area contributed by atoms with Gasteiger partial charge in [-0.3, -0.25) is 4.79 Å². The summed E-state index contributed by atoms with van der Waals surface area (Å²) in [5, 5.41) is 16.2. The maximum absolute atomic E-state index is 12.1. The summed E-state index contributed by atoms with van der Waals surface area (Å²) in [5.41, 5.74) is 2.52. The van der Waals surface area contributed by atoms with E-state index in [1.165, 1.54) is 0 Å². The second-order valence-corrected chi connectivity index (χ2v) is 5.60. The summed E-state index contributed by atoms with van der Waals surface area (Å²) >= 11 is 0. The van der Waals surface area contributed by atoms with Gasteiger partial charge in [0.1, 0.15) is 17.5 Å². The molecule has 0 aliphatic rings. The minimum atomic E-state index is -0.147. The normalized spacial score (nSPS) is 10.2. The van der Waals surface area contributed by atoms with E-state index in [0.717, 1.165) is 16.6 Å². The first-order valence-corrected chi connectivity index (χ1v) is 8.17. The van der Waals surface area contributed by atoms with Crippen LogP contribution >= 0.6 is 0 Å². The highest BCUT2D eigenvalue weighted by Gasteiger charge is 2.07. The van der Waals surface area contributed by atoms with Crippen LogP contribution in [0.5, 0.6) is 5.75 Å². The third kappa shape index (κ3) is 3.90. The van der Waals surface area contributed by atoms with Crippen molar-refractivity contribution >= 4 is 22.5 Å². The van der Waals surface area contributed by atoms with Crippen LogP contribution < -0.4 is 15.4 Å². The smallest absolute Gasteiger partial charge is 0.251 e. The van der Waals surface area contributed by atoms with Crippen LogP contribution in [0.2, 0.25) is 0 Å². The highest BCUT2D eigenvalue weighted by molar-refractivity contribution is 5.94. The number of ether oxygens (including phenoxy) is 1. The lowest BCUT2D eigenvalue weighted by molar-refractivity contribution is 0.0955. The standard InChI is InChI=1S/C20H18N4O2/c1-26-16-8-6-14(7-9-16)20(25)23-11-10-22-19-12-15(13-21)24-18-5-3-2-4-17(18)19/h2-9,12H,10-11H2,1H3,(H,22,24)(H,23,25). The molecule has 1 aromatic heterocycles. The van der Waals surface area contributed by atoms with Gasteiger partial charge in [-0.1, -0.05) is 18.2 Å². The number of hydrogen-bond acceptors (Lipinski definition) is 5. The number of anilines is 1. The Labute approximate surface area is 151 Å². The van der Waals surface area contributed by atoms with Crippen molar-refractivity contribution in [3.63, 3.8) is 0 Å². The molecule has 1 amide bonds. The van der Waals surface area contributed by atoms with Crippen LogP contribution in [0.25, 0.3) is 10.9 Å². The van der Waals surface area contributed by atoms with Gasteiger partial charge in [-0.15, -0.1) is 0 Å². The summed E-state index contributed by atoms with van der Waals surface area (Å²) in [7, 11) is 1.58. The molecule has 6 nitrogen and oxygen atoms in total. The number of nitrogens with one attached hydrogen (secondary N) is 2. The molecule has 0 saturated carbocycles. The molecule has 3 aromatic rings. The number of nitrogens with zero attached hydrogens (tertiary/aromatic N) is 2. The monoisotopic (exact) mass is 346 g/mol. The highest BCUT2D eigenvalue weighted by atomic mass is 16.5. The minimum absolute atomic E-state index is 0.147. The van der Waals surface area contributed by atoms with E-state index in [9.17, 15) is 4.79 Å². The summed E-state index contributed by atoms with van der Waals surface area (Å²) in [6.07, 6.45) is 0. The Morgan fingerprint density at radius 2 is 1.92 bits per heavy atom. The summed E-state index contributed by atoms with van der Waals surface area (Å²) in [6, 6.07) is 18.3. The van der Waals surface area contributed by atoms with Gasteiger partial charge in [0.25, 0.3) is 5.91 Å². The molecule has 3 rings (SSSR count). The number of carbonyl (C=O) groups excluding carboxylic acids is 1. The van der Waals surface area contributed by atoms with Crippen molar-refractivity contribution in [2.45, 2.75) is 0 Å². The van der Waals surface area contributed by atoms with Crippen LogP contribution in [0.4, 0.5) is 5.69 Å². The van der Waals surface area contributed by atoms with Crippen molar-refractivity contribution in [1.29, 1.82) is 5.26 Å². The number of methoxy groups -OCH3 is 1. The zero-order chi connectivity index (χ0) is 18.4. The molecule has 26 heavy (non-hydrogen) atoms. The van der Waals surface area contributed by atoms with E-state index in [1.807, 2.05) is 24.3 Å². The third-order valence-corrected chi connectivity index (χ3v) is 3.91. The molecule has 2 N–H and O–H groups in total. The van der Waals surface area contributed by atoms with E-state index in [-0.39, 0.29) is 5.91 Å². The van der Waals surface area contributed by atoms with Gasteiger partial charge in [-0.2, -0.15) is 5.26 Å². The zero-order valence-corrected chi connectivity index (χ0v) is 14.3. The van der Waals surface area contributed by atoms with Crippen LogP contribution in [-0.2, 0) is 0 Å². The van der Waals surface area contributed by atoms with Crippen LogP contribution in [-0.4, -0.2) is 31.1 Å². The number of benzene rings is 2. The Kier molecular flexibility index (Phi) is 5.30. The van der Waals surface area contributed by atoms with Gasteiger partial charge in [0.15, 0.2) is 0 Å². The summed E-state index contributed by atoms with van der Waals surface area (Å²) in [5.74, 6) is 0.563. The number of carbonyl (C=O) groups is 1. The van der Waals surface area contributed by atoms with Gasteiger partial charge in [-0.05, 0) is 36.4 Å². The predicted molar refractivity (Wildman–Crippen MR) is 100 cm³/mol. The van der Waals surface area contributed by atoms with E-state index in [1.54, 1.807) is 37.4 Å². The van der Waals surface area contributed by atoms with E-state index < -0.39 is 0 Å². The lowest BCUT2D eigenvalue weighted by Crippen LogP contribution is -2.28. The molecule has 0 aliphatic heterocycles. The molecule has 0 atom stereocenters. The largest absolute Gasteiger partial charge is 0.497 e. The van der Waals surface area contributed by atoms with Gasteiger partial charge in [0.2, 0.25) is 0 Å². The van der Waals surface area contributed by atoms with Crippen molar-refractivity contribution in [3.8, 4) is 11.8 Å². The van der Waals surface area contributed by atoms with Gasteiger partial charge < -0.3 is 15.4 Å². The first kappa shape index (κ1) is 17.2. The molecule has 0 fully saturated rings. The lowest BCUT2D eigenvalue weighted by Gasteiger charge is -2.11. The van der Waals surface area contributed by atoms with E-state index in [4.69, 9.17) is 10.00 Å². The number of rotatable bonds is 6. The van der Waals surface area contributed by atoms with Crippen molar-refractivity contribution in [2.24, 2.45) is 0 Å². The fraction of sp³-hybridized carbons (Fsp3) is 0.150. The van der Waals surface area contributed by atoms with E-state index >= 15 is 0 Å². The van der Waals surface area contributed by atoms with Gasteiger partial charge in [0, 0.05) is 29.7 Å². The SMILES string of the molecule is COc1ccc(C(=O)NCCNc2cc(C#N)nc3ccccc23)cc1. The molecule has 0 saturated heterocycles. The molecular formula is C20H18N4O2. The van der Waals surface area contributed by atoms with Gasteiger partial charge in [-0.25, -0.2) is 4.98 Å². The lowest BCUT2D eigenvalue weighted by atomic mass is 10.1. The topological polar surface area (TPSA) is 87.0 Å². The molecule has 0 bridgehead atoms. The first-order valence-electron chi connectivity index (χ1n) is 8.17. The molecular weight excluding hydrogens is 328 g/mol. The Hall–Kier alpha value is -3.59. The molecule has 6 heteroatoms. The van der Waals surface area contributed by atoms with E-state index in [2.05, 4.69) is 21.7 Å². The van der Waals surface area contributed by atoms with Crippen molar-refractivity contribution in [3.05, 3.63) is 65.9 Å². The second kappa shape index (κ2) is 7.99. The number of aromatic nitrogens is 1. The molecule has 0 unspecified atom stereocenters. The van der Waals surface area contributed by atoms with Crippen LogP contribution in [0.1, 0.15) is 16.1 Å². The Morgan fingerprint density at radius 3 is 2.65 bits per heavy atom. The van der Waals surface area contributed by atoms with Crippen molar-refractivity contribution < 1.29 is 9.53 Å². The van der Waals surface area contributed by atoms with E-state index in [0.29, 0.717) is 30.1 Å². The average molecular weight is 346 g/mol. The maximum atomic E-state index is 12.1. The Morgan fingerprint density at radius 1 is 1.15 bits per heavy atom. The highest BCUT2D eigenvalue weighted by Crippen LogP contribution is 2.22. The average Bonchev–Trinajstić information content (AvgIpc) is 2.70. The molecule has 0 radical (unpaired) electrons. The van der Waals surface area contributed by atoms with Crippen molar-refractivity contribution in [1.82, 2.24) is 10.3 Å². The molecule has 0 aliphatic carbocycles. The quantitative estimate of drug-likeness (QED) is 0.670. The fourth-order valence-corrected chi connectivity index (χ4v) is 2.60. The van der Waals surface area contributed by atoms with Crippen molar-refractivity contribution in [2.75, 3.05) is 25.5 Å². The number of pyridine rings is 1. The molecule has 2 aromatic carbocycles. The van der Waals surface area contributed by atoms with Crippen LogP contribution in [0, 0.1) is 11.3 Å². The third-order valence-electron chi connectivity index (χ3n) is 3.91. The minimum Gasteiger partial charge on any atom is -0.497 e. The first-order chi connectivity index (χ1) is 12.7. The molecule has 1 heterocycles. The zero-order valence-electron chi connectivity index (χ0n) is 14.3. The number of fused-ring (bicyclic) bond motifs is 1. The fourth-order valence-electron chi connectivity index (χ4n) is 2.60. The number of nitriles is 1. The second-order valence-electron chi connectivity index (χ2n) is 5.60. The van der Waals surface area contributed by atoms with Crippen LogP contribution in [0.3, 0.4) is 0 Å². The summed E-state index contributed by atoms with van der Waals surface area (Å²) in [6.45, 7) is 0.976. The number of para-hydroxylation sites is 1. The van der Waals surface area contributed by atoms with Gasteiger partial charge >= 0.3 is 0 Å². The predicted octanol–water partition coefficient (Wildman–Crippen LogP) is 2.96. The maximum Gasteiger partial charge on any atom is 0.251 e. The van der Waals surface area contributed by atoms with Gasteiger partial charge in [0.05, 0.1) is 12.6 Å². The number of amides is 1. The van der Waals surface area contributed by atoms with Crippen LogP contribution in [0.15, 0.2) is 54.6 Å². The molecule has 130 valence electrons. The summed E-state index contributed by atoms with van der Waals surface area (Å²) in [4.78, 5) is 16.4. The summed E-state index contributed by atoms with van der Waals surface area (Å²) < 4.78 is 5.08. The molecule has 0 spiro atoms. The Bertz CT molecular complexity index is 962. The Balaban J connectivity index is 1.60. The number of hydrogen-bond donors (Lipinski definition) is 2.